The summed E-state index contributed by atoms with van der Waals surface area (Å²) in [6.07, 6.45) is 5.27. The fourth-order valence-corrected chi connectivity index (χ4v) is 4.57. The molecule has 2 saturated heterocycles. The Morgan fingerprint density at radius 2 is 1.88 bits per heavy atom. The summed E-state index contributed by atoms with van der Waals surface area (Å²) in [4.78, 5) is 21.1. The van der Waals surface area contributed by atoms with Crippen LogP contribution in [0.5, 0.6) is 0 Å². The van der Waals surface area contributed by atoms with E-state index in [1.807, 2.05) is 0 Å². The van der Waals surface area contributed by atoms with Crippen LogP contribution in [0.3, 0.4) is 0 Å². The highest BCUT2D eigenvalue weighted by atomic mass is 127. The van der Waals surface area contributed by atoms with Gasteiger partial charge in [-0.25, -0.2) is 0 Å². The number of benzene rings is 1. The van der Waals surface area contributed by atoms with E-state index in [9.17, 15) is 4.79 Å². The molecule has 1 aromatic rings. The fourth-order valence-electron chi connectivity index (χ4n) is 4.57. The highest BCUT2D eigenvalue weighted by Gasteiger charge is 2.23. The molecule has 2 aliphatic heterocycles. The molecular weight excluding hydrogens is 515 g/mol. The lowest BCUT2D eigenvalue weighted by Crippen LogP contribution is -2.48. The molecule has 180 valence electrons. The van der Waals surface area contributed by atoms with Crippen LogP contribution in [0.1, 0.15) is 44.6 Å². The Bertz CT molecular complexity index is 693. The first-order chi connectivity index (χ1) is 15.1. The van der Waals surface area contributed by atoms with Gasteiger partial charge in [-0.1, -0.05) is 30.3 Å². The van der Waals surface area contributed by atoms with Crippen LogP contribution in [-0.4, -0.2) is 73.5 Å². The lowest BCUT2D eigenvalue weighted by Gasteiger charge is -2.33. The van der Waals surface area contributed by atoms with E-state index in [2.05, 4.69) is 57.7 Å². The van der Waals surface area contributed by atoms with Crippen LogP contribution in [-0.2, 0) is 11.3 Å². The number of nitrogens with zero attached hydrogens (tertiary/aromatic N) is 3. The van der Waals surface area contributed by atoms with E-state index in [0.717, 1.165) is 90.4 Å². The first-order valence-electron chi connectivity index (χ1n) is 12.0. The topological polar surface area (TPSA) is 86.0 Å². The maximum Gasteiger partial charge on any atom is 0.221 e. The minimum Gasteiger partial charge on any atom is -0.369 e. The lowest BCUT2D eigenvalue weighted by molar-refractivity contribution is -0.123. The minimum absolute atomic E-state index is 0. The van der Waals surface area contributed by atoms with Gasteiger partial charge < -0.3 is 21.3 Å². The van der Waals surface area contributed by atoms with Gasteiger partial charge in [0, 0.05) is 45.3 Å². The van der Waals surface area contributed by atoms with Gasteiger partial charge in [-0.15, -0.1) is 24.0 Å². The Morgan fingerprint density at radius 3 is 2.56 bits per heavy atom. The van der Waals surface area contributed by atoms with Gasteiger partial charge in [-0.2, -0.15) is 0 Å². The second kappa shape index (κ2) is 14.7. The molecule has 1 atom stereocenters. The van der Waals surface area contributed by atoms with E-state index in [4.69, 9.17) is 10.7 Å². The van der Waals surface area contributed by atoms with Crippen LogP contribution >= 0.6 is 24.0 Å². The van der Waals surface area contributed by atoms with Crippen LogP contribution < -0.4 is 16.4 Å². The lowest BCUT2D eigenvalue weighted by atomic mass is 9.97. The standard InChI is InChI=1S/C24H40N6O.HI/c1-2-26-24(27-13-7-15-29-14-6-10-21(19-29)23(25)31)28-22-11-16-30(17-12-22)18-20-8-4-3-5-9-20;/h3-5,8-9,21-22H,2,6-7,10-19H2,1H3,(H2,25,31)(H2,26,27,28);1H. The average molecular weight is 557 g/mol. The highest BCUT2D eigenvalue weighted by Crippen LogP contribution is 2.16. The van der Waals surface area contributed by atoms with Crippen molar-refractivity contribution in [1.29, 1.82) is 0 Å². The Morgan fingerprint density at radius 1 is 1.12 bits per heavy atom. The van der Waals surface area contributed by atoms with Gasteiger partial charge in [0.05, 0.1) is 5.92 Å². The van der Waals surface area contributed by atoms with Crippen molar-refractivity contribution in [1.82, 2.24) is 20.4 Å². The number of hydrogen-bond donors (Lipinski definition) is 3. The zero-order chi connectivity index (χ0) is 21.9. The Hall–Kier alpha value is -1.39. The normalized spacial score (nSPS) is 21.0. The molecule has 2 aliphatic rings. The summed E-state index contributed by atoms with van der Waals surface area (Å²) in [5.41, 5.74) is 6.87. The fraction of sp³-hybridized carbons (Fsp3) is 0.667. The van der Waals surface area contributed by atoms with Crippen LogP contribution in [0.4, 0.5) is 0 Å². The molecule has 32 heavy (non-hydrogen) atoms. The van der Waals surface area contributed by atoms with Crippen molar-refractivity contribution in [2.75, 3.05) is 45.8 Å². The van der Waals surface area contributed by atoms with E-state index < -0.39 is 0 Å². The molecule has 0 spiro atoms. The van der Waals surface area contributed by atoms with E-state index in [-0.39, 0.29) is 35.8 Å². The number of carbonyl (C=O) groups excluding carboxylic acids is 1. The molecule has 1 amide bonds. The van der Waals surface area contributed by atoms with Gasteiger partial charge in [-0.05, 0) is 57.7 Å². The molecule has 1 aromatic carbocycles. The summed E-state index contributed by atoms with van der Waals surface area (Å²) < 4.78 is 0. The molecule has 0 radical (unpaired) electrons. The van der Waals surface area contributed by atoms with Gasteiger partial charge in [0.25, 0.3) is 0 Å². The molecule has 2 heterocycles. The van der Waals surface area contributed by atoms with E-state index in [1.165, 1.54) is 5.56 Å². The number of aliphatic imine (C=N–C) groups is 1. The molecule has 0 aliphatic carbocycles. The van der Waals surface area contributed by atoms with Crippen molar-refractivity contribution >= 4 is 35.8 Å². The number of primary amides is 1. The molecule has 8 heteroatoms. The molecule has 3 rings (SSSR count). The molecule has 2 fully saturated rings. The van der Waals surface area contributed by atoms with Crippen molar-refractivity contribution in [3.05, 3.63) is 35.9 Å². The predicted octanol–water partition coefficient (Wildman–Crippen LogP) is 2.41. The molecule has 7 nitrogen and oxygen atoms in total. The van der Waals surface area contributed by atoms with Crippen LogP contribution in [0.25, 0.3) is 0 Å². The monoisotopic (exact) mass is 556 g/mol. The van der Waals surface area contributed by atoms with Crippen molar-refractivity contribution in [2.24, 2.45) is 16.6 Å². The Labute approximate surface area is 210 Å². The van der Waals surface area contributed by atoms with Gasteiger partial charge in [0.2, 0.25) is 5.91 Å². The van der Waals surface area contributed by atoms with E-state index >= 15 is 0 Å². The maximum absolute atomic E-state index is 11.4. The first kappa shape index (κ1) is 26.9. The van der Waals surface area contributed by atoms with Crippen molar-refractivity contribution in [3.8, 4) is 0 Å². The van der Waals surface area contributed by atoms with E-state index in [0.29, 0.717) is 6.04 Å². The molecule has 1 unspecified atom stereocenters. The minimum atomic E-state index is -0.156. The number of halogens is 1. The van der Waals surface area contributed by atoms with Crippen molar-refractivity contribution in [3.63, 3.8) is 0 Å². The highest BCUT2D eigenvalue weighted by molar-refractivity contribution is 14.0. The summed E-state index contributed by atoms with van der Waals surface area (Å²) in [5, 5.41) is 7.03. The summed E-state index contributed by atoms with van der Waals surface area (Å²) >= 11 is 0. The quantitative estimate of drug-likeness (QED) is 0.188. The number of nitrogens with one attached hydrogen (secondary N) is 2. The molecular formula is C24H41IN6O. The second-order valence-electron chi connectivity index (χ2n) is 8.84. The third kappa shape index (κ3) is 9.23. The van der Waals surface area contributed by atoms with Gasteiger partial charge >= 0.3 is 0 Å². The Balaban J connectivity index is 0.00000363. The van der Waals surface area contributed by atoms with Gasteiger partial charge in [-0.3, -0.25) is 14.7 Å². The molecule has 0 aromatic heterocycles. The predicted molar refractivity (Wildman–Crippen MR) is 142 cm³/mol. The maximum atomic E-state index is 11.4. The largest absolute Gasteiger partial charge is 0.369 e. The van der Waals surface area contributed by atoms with Crippen LogP contribution in [0, 0.1) is 5.92 Å². The van der Waals surface area contributed by atoms with Crippen LogP contribution in [0.2, 0.25) is 0 Å². The number of hydrogen-bond acceptors (Lipinski definition) is 4. The second-order valence-corrected chi connectivity index (χ2v) is 8.84. The summed E-state index contributed by atoms with van der Waals surface area (Å²) in [6.45, 7) is 9.87. The van der Waals surface area contributed by atoms with Gasteiger partial charge in [0.1, 0.15) is 0 Å². The number of nitrogens with two attached hydrogens (primary N) is 1. The Kier molecular flexibility index (Phi) is 12.3. The zero-order valence-electron chi connectivity index (χ0n) is 19.5. The van der Waals surface area contributed by atoms with E-state index in [1.54, 1.807) is 0 Å². The number of piperidine rings is 2. The SMILES string of the molecule is CCNC(=NCCCN1CCCC(C(N)=O)C1)NC1CCN(Cc2ccccc2)CC1.I. The number of rotatable bonds is 9. The average Bonchev–Trinajstić information content (AvgIpc) is 2.79. The van der Waals surface area contributed by atoms with Crippen molar-refractivity contribution < 1.29 is 4.79 Å². The molecule has 4 N–H and O–H groups in total. The first-order valence-corrected chi connectivity index (χ1v) is 12.0. The summed E-state index contributed by atoms with van der Waals surface area (Å²) in [6, 6.07) is 11.2. The van der Waals surface area contributed by atoms with Crippen molar-refractivity contribution in [2.45, 2.75) is 51.6 Å². The summed E-state index contributed by atoms with van der Waals surface area (Å²) in [7, 11) is 0. The number of likely N-dealkylation sites (tertiary alicyclic amines) is 2. The number of carbonyl (C=O) groups is 1. The third-order valence-corrected chi connectivity index (χ3v) is 6.33. The smallest absolute Gasteiger partial charge is 0.221 e. The summed E-state index contributed by atoms with van der Waals surface area (Å²) in [5.74, 6) is 0.790. The third-order valence-electron chi connectivity index (χ3n) is 6.33. The molecule has 0 saturated carbocycles. The number of guanidine groups is 1. The van der Waals surface area contributed by atoms with Crippen LogP contribution in [0.15, 0.2) is 35.3 Å². The zero-order valence-corrected chi connectivity index (χ0v) is 21.8. The number of amides is 1. The van der Waals surface area contributed by atoms with Gasteiger partial charge in [0.15, 0.2) is 5.96 Å². The molecule has 0 bridgehead atoms.